The zero-order valence-electron chi connectivity index (χ0n) is 15.9. The lowest BCUT2D eigenvalue weighted by Crippen LogP contribution is -2.37. The monoisotopic (exact) mass is 393 g/mol. The Balaban J connectivity index is 1.87. The van der Waals surface area contributed by atoms with Crippen molar-refractivity contribution in [2.24, 2.45) is 5.92 Å². The van der Waals surface area contributed by atoms with E-state index in [1.54, 1.807) is 15.9 Å². The van der Waals surface area contributed by atoms with Gasteiger partial charge in [0.15, 0.2) is 5.16 Å². The molecule has 0 bridgehead atoms. The molecule has 0 saturated heterocycles. The zero-order chi connectivity index (χ0) is 18.8. The Bertz CT molecular complexity index is 870. The second-order valence-electron chi connectivity index (χ2n) is 7.22. The van der Waals surface area contributed by atoms with E-state index in [9.17, 15) is 9.59 Å². The molecule has 3 rings (SSSR count). The smallest absolute Gasteiger partial charge is 0.263 e. The summed E-state index contributed by atoms with van der Waals surface area (Å²) in [4.78, 5) is 32.2. The van der Waals surface area contributed by atoms with E-state index < -0.39 is 0 Å². The molecule has 1 unspecified atom stereocenters. The van der Waals surface area contributed by atoms with Crippen LogP contribution in [0.2, 0.25) is 0 Å². The van der Waals surface area contributed by atoms with Gasteiger partial charge in [-0.25, -0.2) is 4.98 Å². The highest BCUT2D eigenvalue weighted by molar-refractivity contribution is 7.99. The van der Waals surface area contributed by atoms with Crippen molar-refractivity contribution in [2.75, 3.05) is 5.75 Å². The normalized spacial score (nSPS) is 15.3. The number of carbonyl (C=O) groups excluding carboxylic acids is 1. The number of rotatable bonds is 6. The summed E-state index contributed by atoms with van der Waals surface area (Å²) in [5, 5.41) is 4.47. The molecule has 26 heavy (non-hydrogen) atoms. The lowest BCUT2D eigenvalue weighted by atomic mass is 9.97. The van der Waals surface area contributed by atoms with Gasteiger partial charge >= 0.3 is 0 Å². The highest BCUT2D eigenvalue weighted by Gasteiger charge is 2.22. The van der Waals surface area contributed by atoms with Crippen molar-refractivity contribution in [2.45, 2.75) is 71.1 Å². The highest BCUT2D eigenvalue weighted by atomic mass is 32.2. The van der Waals surface area contributed by atoms with Crippen LogP contribution in [-0.2, 0) is 24.2 Å². The molecule has 2 aromatic rings. The van der Waals surface area contributed by atoms with Crippen LogP contribution in [0.3, 0.4) is 0 Å². The summed E-state index contributed by atoms with van der Waals surface area (Å²) in [6.07, 6.45) is 4.38. The Morgan fingerprint density at radius 2 is 2.04 bits per heavy atom. The minimum atomic E-state index is -0.0151. The van der Waals surface area contributed by atoms with Crippen LogP contribution >= 0.6 is 23.1 Å². The quantitative estimate of drug-likeness (QED) is 0.601. The van der Waals surface area contributed by atoms with E-state index in [1.807, 2.05) is 13.8 Å². The Morgan fingerprint density at radius 1 is 1.31 bits per heavy atom. The number of aromatic nitrogens is 2. The molecule has 0 aliphatic heterocycles. The second-order valence-corrected chi connectivity index (χ2v) is 9.25. The Morgan fingerprint density at radius 3 is 2.73 bits per heavy atom. The van der Waals surface area contributed by atoms with Gasteiger partial charge in [-0.2, -0.15) is 0 Å². The molecule has 2 aromatic heterocycles. The van der Waals surface area contributed by atoms with Gasteiger partial charge in [0, 0.05) is 17.5 Å². The van der Waals surface area contributed by atoms with Gasteiger partial charge < -0.3 is 5.32 Å². The molecule has 1 N–H and O–H groups in total. The van der Waals surface area contributed by atoms with Crippen molar-refractivity contribution in [3.05, 3.63) is 20.8 Å². The molecular weight excluding hydrogens is 366 g/mol. The summed E-state index contributed by atoms with van der Waals surface area (Å²) in [6.45, 7) is 8.70. The molecule has 1 aliphatic rings. The van der Waals surface area contributed by atoms with Crippen LogP contribution in [0.25, 0.3) is 10.2 Å². The standard InChI is InChI=1S/C19H27N3O2S2/c1-5-22-18(24)16-13-8-6-7-9-14(13)26-17(16)21-19(22)25-10-15(23)20-12(4)11(2)3/h11-12H,5-10H2,1-4H3,(H,20,23). The van der Waals surface area contributed by atoms with Crippen LogP contribution in [-0.4, -0.2) is 27.3 Å². The molecule has 142 valence electrons. The van der Waals surface area contributed by atoms with Gasteiger partial charge in [0.1, 0.15) is 4.83 Å². The molecule has 1 atom stereocenters. The first-order valence-electron chi connectivity index (χ1n) is 9.39. The number of hydrogen-bond donors (Lipinski definition) is 1. The van der Waals surface area contributed by atoms with Crippen LogP contribution in [0, 0.1) is 5.92 Å². The first kappa shape index (κ1) is 19.4. The van der Waals surface area contributed by atoms with Crippen LogP contribution in [0.1, 0.15) is 51.0 Å². The van der Waals surface area contributed by atoms with Crippen molar-refractivity contribution in [3.8, 4) is 0 Å². The topological polar surface area (TPSA) is 64.0 Å². The SMILES string of the molecule is CCn1c(SCC(=O)NC(C)C(C)C)nc2sc3c(c2c1=O)CCCC3. The third-order valence-electron chi connectivity index (χ3n) is 5.08. The summed E-state index contributed by atoms with van der Waals surface area (Å²) in [5.74, 6) is 0.656. The van der Waals surface area contributed by atoms with E-state index in [4.69, 9.17) is 4.98 Å². The molecule has 0 spiro atoms. The number of thiophene rings is 1. The Labute approximate surface area is 162 Å². The molecule has 0 fully saturated rings. The Hall–Kier alpha value is -1.34. The van der Waals surface area contributed by atoms with Crippen molar-refractivity contribution in [1.29, 1.82) is 0 Å². The lowest BCUT2D eigenvalue weighted by molar-refractivity contribution is -0.119. The Kier molecular flexibility index (Phi) is 6.07. The van der Waals surface area contributed by atoms with Gasteiger partial charge in [-0.1, -0.05) is 25.6 Å². The second kappa shape index (κ2) is 8.13. The highest BCUT2D eigenvalue weighted by Crippen LogP contribution is 2.34. The van der Waals surface area contributed by atoms with Crippen molar-refractivity contribution in [1.82, 2.24) is 14.9 Å². The maximum absolute atomic E-state index is 13.0. The van der Waals surface area contributed by atoms with Crippen molar-refractivity contribution < 1.29 is 4.79 Å². The maximum atomic E-state index is 13.0. The van der Waals surface area contributed by atoms with E-state index >= 15 is 0 Å². The van der Waals surface area contributed by atoms with Gasteiger partial charge in [-0.3, -0.25) is 14.2 Å². The molecule has 0 radical (unpaired) electrons. The number of thioether (sulfide) groups is 1. The minimum Gasteiger partial charge on any atom is -0.353 e. The molecule has 0 saturated carbocycles. The lowest BCUT2D eigenvalue weighted by Gasteiger charge is -2.17. The van der Waals surface area contributed by atoms with E-state index in [2.05, 4.69) is 19.2 Å². The van der Waals surface area contributed by atoms with E-state index in [0.717, 1.165) is 29.5 Å². The molecule has 1 aliphatic carbocycles. The summed E-state index contributed by atoms with van der Waals surface area (Å²) in [5.41, 5.74) is 1.27. The first-order chi connectivity index (χ1) is 12.4. The molecule has 0 aromatic carbocycles. The molecular formula is C19H27N3O2S2. The molecule has 2 heterocycles. The maximum Gasteiger partial charge on any atom is 0.263 e. The van der Waals surface area contributed by atoms with Gasteiger partial charge in [-0.05, 0) is 51.0 Å². The zero-order valence-corrected chi connectivity index (χ0v) is 17.6. The fourth-order valence-electron chi connectivity index (χ4n) is 3.20. The number of nitrogens with zero attached hydrogens (tertiary/aromatic N) is 2. The van der Waals surface area contributed by atoms with Gasteiger partial charge in [0.25, 0.3) is 5.56 Å². The fourth-order valence-corrected chi connectivity index (χ4v) is 5.38. The number of amides is 1. The molecule has 5 nitrogen and oxygen atoms in total. The van der Waals surface area contributed by atoms with Crippen LogP contribution in [0.5, 0.6) is 0 Å². The number of carbonyl (C=O) groups is 1. The summed E-state index contributed by atoms with van der Waals surface area (Å²) in [7, 11) is 0. The predicted molar refractivity (Wildman–Crippen MR) is 109 cm³/mol. The fraction of sp³-hybridized carbons (Fsp3) is 0.632. The van der Waals surface area contributed by atoms with Crippen LogP contribution < -0.4 is 10.9 Å². The van der Waals surface area contributed by atoms with Gasteiger partial charge in [-0.15, -0.1) is 11.3 Å². The molecule has 1 amide bonds. The van der Waals surface area contributed by atoms with Crippen molar-refractivity contribution >= 4 is 39.2 Å². The average Bonchev–Trinajstić information content (AvgIpc) is 2.98. The minimum absolute atomic E-state index is 0.0151. The third kappa shape index (κ3) is 3.83. The molecule has 7 heteroatoms. The third-order valence-corrected chi connectivity index (χ3v) is 7.24. The van der Waals surface area contributed by atoms with Crippen molar-refractivity contribution in [3.63, 3.8) is 0 Å². The van der Waals surface area contributed by atoms with Gasteiger partial charge in [0.2, 0.25) is 5.91 Å². The van der Waals surface area contributed by atoms with Crippen LogP contribution in [0.15, 0.2) is 9.95 Å². The average molecular weight is 394 g/mol. The van der Waals surface area contributed by atoms with E-state index in [1.165, 1.54) is 28.6 Å². The predicted octanol–water partition coefficient (Wildman–Crippen LogP) is 3.61. The summed E-state index contributed by atoms with van der Waals surface area (Å²) >= 11 is 3.01. The van der Waals surface area contributed by atoms with Gasteiger partial charge in [0.05, 0.1) is 11.1 Å². The van der Waals surface area contributed by atoms with E-state index in [0.29, 0.717) is 17.6 Å². The number of aryl methyl sites for hydroxylation is 2. The summed E-state index contributed by atoms with van der Waals surface area (Å²) < 4.78 is 1.72. The largest absolute Gasteiger partial charge is 0.353 e. The number of hydrogen-bond acceptors (Lipinski definition) is 5. The first-order valence-corrected chi connectivity index (χ1v) is 11.2. The van der Waals surface area contributed by atoms with E-state index in [-0.39, 0.29) is 23.3 Å². The number of nitrogens with one attached hydrogen (secondary N) is 1. The summed E-state index contributed by atoms with van der Waals surface area (Å²) in [6, 6.07) is 0.135. The number of fused-ring (bicyclic) bond motifs is 3. The van der Waals surface area contributed by atoms with Crippen LogP contribution in [0.4, 0.5) is 0 Å².